The molecule has 0 saturated heterocycles. The predicted octanol–water partition coefficient (Wildman–Crippen LogP) is -0.0475. The fourth-order valence-electron chi connectivity index (χ4n) is 0.163. The van der Waals surface area contributed by atoms with Gasteiger partial charge in [-0.15, -0.1) is 0 Å². The highest BCUT2D eigenvalue weighted by molar-refractivity contribution is 8.13. The third-order valence-corrected chi connectivity index (χ3v) is 0.951. The third-order valence-electron chi connectivity index (χ3n) is 0.441. The number of amidine groups is 1. The molecule has 4 nitrogen and oxygen atoms in total. The molecule has 46 valence electrons. The van der Waals surface area contributed by atoms with E-state index in [4.69, 9.17) is 5.41 Å². The molecule has 4 N–H and O–H groups in total. The van der Waals surface area contributed by atoms with E-state index >= 15 is 0 Å². The molecule has 0 unspecified atom stereocenters. The Bertz CT molecular complexity index is 113. The summed E-state index contributed by atoms with van der Waals surface area (Å²) < 4.78 is 0. The number of nitrogens with one attached hydrogen (secondary N) is 2. The van der Waals surface area contributed by atoms with E-state index in [0.717, 1.165) is 11.8 Å². The Morgan fingerprint density at radius 1 is 1.88 bits per heavy atom. The number of nitrogens with two attached hydrogens (primary N) is 1. The second-order valence-corrected chi connectivity index (χ2v) is 1.84. The van der Waals surface area contributed by atoms with Crippen molar-refractivity contribution in [1.29, 1.82) is 5.41 Å². The van der Waals surface area contributed by atoms with Crippen molar-refractivity contribution in [2.45, 2.75) is 0 Å². The second kappa shape index (κ2) is 3.31. The first-order valence-electron chi connectivity index (χ1n) is 1.86. The molecule has 0 aromatic rings. The van der Waals surface area contributed by atoms with Crippen molar-refractivity contribution in [3.8, 4) is 0 Å². The van der Waals surface area contributed by atoms with Crippen molar-refractivity contribution in [1.82, 2.24) is 5.32 Å². The maximum Gasteiger partial charge on any atom is 0.318 e. The topological polar surface area (TPSA) is 79.0 Å². The van der Waals surface area contributed by atoms with E-state index in [1.54, 1.807) is 6.26 Å². The lowest BCUT2D eigenvalue weighted by Gasteiger charge is -1.95. The van der Waals surface area contributed by atoms with Crippen molar-refractivity contribution in [3.63, 3.8) is 0 Å². The van der Waals surface area contributed by atoms with Crippen LogP contribution in [0.1, 0.15) is 0 Å². The van der Waals surface area contributed by atoms with Crippen LogP contribution in [0.3, 0.4) is 0 Å². The summed E-state index contributed by atoms with van der Waals surface area (Å²) in [7, 11) is 0. The summed E-state index contributed by atoms with van der Waals surface area (Å²) in [5, 5.41) is 8.96. The number of hydrogen-bond acceptors (Lipinski definition) is 3. The molecule has 0 aliphatic carbocycles. The van der Waals surface area contributed by atoms with Crippen LogP contribution in [-0.2, 0) is 0 Å². The molecule has 0 bridgehead atoms. The Kier molecular flexibility index (Phi) is 3.02. The molecule has 0 aliphatic rings. The van der Waals surface area contributed by atoms with Gasteiger partial charge in [0.1, 0.15) is 0 Å². The molecular formula is C3H7N3OS. The lowest BCUT2D eigenvalue weighted by Crippen LogP contribution is -2.32. The Labute approximate surface area is 51.3 Å². The Hall–Kier alpha value is -0.710. The molecule has 0 spiro atoms. The molecule has 0 radical (unpaired) electrons. The zero-order chi connectivity index (χ0) is 6.57. The number of urea groups is 1. The third kappa shape index (κ3) is 3.48. The van der Waals surface area contributed by atoms with Crippen LogP contribution in [0.4, 0.5) is 4.79 Å². The molecule has 0 aliphatic heterocycles. The van der Waals surface area contributed by atoms with Crippen molar-refractivity contribution in [2.75, 3.05) is 6.26 Å². The van der Waals surface area contributed by atoms with Gasteiger partial charge in [-0.1, -0.05) is 11.8 Å². The van der Waals surface area contributed by atoms with E-state index in [-0.39, 0.29) is 5.17 Å². The molecular weight excluding hydrogens is 126 g/mol. The van der Waals surface area contributed by atoms with Gasteiger partial charge in [0.15, 0.2) is 5.17 Å². The fraction of sp³-hybridized carbons (Fsp3) is 0.333. The average molecular weight is 133 g/mol. The SMILES string of the molecule is CSC(=N)NC(N)=O. The Morgan fingerprint density at radius 3 is 2.50 bits per heavy atom. The lowest BCUT2D eigenvalue weighted by atomic mass is 11.0. The van der Waals surface area contributed by atoms with Gasteiger partial charge < -0.3 is 5.73 Å². The van der Waals surface area contributed by atoms with Gasteiger partial charge in [0, 0.05) is 0 Å². The molecule has 0 aromatic heterocycles. The van der Waals surface area contributed by atoms with Crippen LogP contribution < -0.4 is 11.1 Å². The van der Waals surface area contributed by atoms with Crippen LogP contribution >= 0.6 is 11.8 Å². The highest BCUT2D eigenvalue weighted by Gasteiger charge is 1.93. The average Bonchev–Trinajstić information content (AvgIpc) is 1.65. The monoisotopic (exact) mass is 133 g/mol. The minimum absolute atomic E-state index is 0.0671. The maximum atomic E-state index is 9.93. The van der Waals surface area contributed by atoms with Gasteiger partial charge in [-0.3, -0.25) is 10.7 Å². The van der Waals surface area contributed by atoms with E-state index in [2.05, 4.69) is 11.1 Å². The van der Waals surface area contributed by atoms with E-state index in [0.29, 0.717) is 0 Å². The van der Waals surface area contributed by atoms with Gasteiger partial charge in [0.05, 0.1) is 0 Å². The number of hydrogen-bond donors (Lipinski definition) is 3. The fourth-order valence-corrected chi connectivity index (χ4v) is 0.366. The summed E-state index contributed by atoms with van der Waals surface area (Å²) in [6, 6.07) is -0.690. The van der Waals surface area contributed by atoms with Crippen molar-refractivity contribution < 1.29 is 4.79 Å². The molecule has 0 atom stereocenters. The largest absolute Gasteiger partial charge is 0.351 e. The van der Waals surface area contributed by atoms with Crippen LogP contribution in [0.15, 0.2) is 0 Å². The van der Waals surface area contributed by atoms with Gasteiger partial charge in [-0.05, 0) is 6.26 Å². The van der Waals surface area contributed by atoms with Gasteiger partial charge in [-0.2, -0.15) is 0 Å². The first-order chi connectivity index (χ1) is 3.66. The summed E-state index contributed by atoms with van der Waals surface area (Å²) in [5.41, 5.74) is 4.66. The number of carbonyl (C=O) groups is 1. The van der Waals surface area contributed by atoms with Crippen molar-refractivity contribution >= 4 is 23.0 Å². The van der Waals surface area contributed by atoms with Crippen molar-refractivity contribution in [3.05, 3.63) is 0 Å². The van der Waals surface area contributed by atoms with Crippen LogP contribution in [0, 0.1) is 5.41 Å². The van der Waals surface area contributed by atoms with E-state index < -0.39 is 6.03 Å². The number of rotatable bonds is 0. The molecule has 8 heavy (non-hydrogen) atoms. The van der Waals surface area contributed by atoms with Gasteiger partial charge >= 0.3 is 6.03 Å². The van der Waals surface area contributed by atoms with Gasteiger partial charge in [-0.25, -0.2) is 4.79 Å². The zero-order valence-corrected chi connectivity index (χ0v) is 5.21. The minimum Gasteiger partial charge on any atom is -0.351 e. The highest BCUT2D eigenvalue weighted by Crippen LogP contribution is 1.88. The first-order valence-corrected chi connectivity index (χ1v) is 3.08. The molecule has 0 rings (SSSR count). The summed E-state index contributed by atoms with van der Waals surface area (Å²) in [6.45, 7) is 0. The van der Waals surface area contributed by atoms with E-state index in [1.165, 1.54) is 0 Å². The number of primary amides is 1. The minimum atomic E-state index is -0.690. The summed E-state index contributed by atoms with van der Waals surface area (Å²) in [5.74, 6) is 0. The molecule has 2 amide bonds. The number of thioether (sulfide) groups is 1. The van der Waals surface area contributed by atoms with Crippen molar-refractivity contribution in [2.24, 2.45) is 5.73 Å². The smallest absolute Gasteiger partial charge is 0.318 e. The van der Waals surface area contributed by atoms with Crippen LogP contribution in [0.5, 0.6) is 0 Å². The van der Waals surface area contributed by atoms with Gasteiger partial charge in [0.25, 0.3) is 0 Å². The normalized spacial score (nSPS) is 8.12. The predicted molar refractivity (Wildman–Crippen MR) is 34.0 cm³/mol. The van der Waals surface area contributed by atoms with Crippen LogP contribution in [0.25, 0.3) is 0 Å². The van der Waals surface area contributed by atoms with Crippen LogP contribution in [0.2, 0.25) is 0 Å². The molecule has 0 fully saturated rings. The quantitative estimate of drug-likeness (QED) is 0.320. The molecule has 0 saturated carbocycles. The Morgan fingerprint density at radius 2 is 2.38 bits per heavy atom. The molecule has 0 heterocycles. The molecule has 5 heteroatoms. The summed E-state index contributed by atoms with van der Waals surface area (Å²) >= 11 is 1.12. The zero-order valence-electron chi connectivity index (χ0n) is 4.39. The standard InChI is InChI=1S/C3H7N3OS/c1-8-3(5)6-2(4)7/h1H3,(H4,4,5,6,7). The lowest BCUT2D eigenvalue weighted by molar-refractivity contribution is 0.253. The number of carbonyl (C=O) groups excluding carboxylic acids is 1. The number of amides is 2. The van der Waals surface area contributed by atoms with E-state index in [1.807, 2.05) is 0 Å². The second-order valence-electron chi connectivity index (χ2n) is 1.02. The first kappa shape index (κ1) is 7.29. The van der Waals surface area contributed by atoms with Crippen LogP contribution in [-0.4, -0.2) is 17.5 Å². The van der Waals surface area contributed by atoms with E-state index in [9.17, 15) is 4.79 Å². The summed E-state index contributed by atoms with van der Waals surface area (Å²) in [4.78, 5) is 9.93. The maximum absolute atomic E-state index is 9.93. The Balaban J connectivity index is 3.40. The van der Waals surface area contributed by atoms with Gasteiger partial charge in [0.2, 0.25) is 0 Å². The summed E-state index contributed by atoms with van der Waals surface area (Å²) in [6.07, 6.45) is 1.68. The molecule has 0 aromatic carbocycles. The highest BCUT2D eigenvalue weighted by atomic mass is 32.2.